The first kappa shape index (κ1) is 20.6. The number of halogens is 1. The van der Waals surface area contributed by atoms with Gasteiger partial charge in [-0.1, -0.05) is 12.1 Å². The maximum Gasteiger partial charge on any atom is 0.253 e. The van der Waals surface area contributed by atoms with E-state index >= 15 is 0 Å². The Morgan fingerprint density at radius 1 is 1.06 bits per heavy atom. The van der Waals surface area contributed by atoms with Crippen molar-refractivity contribution in [2.75, 3.05) is 6.54 Å². The standard InChI is InChI=1S/C25H20FN5O2/c26-20-14-29-22(11-18(20)23-12-19-21(31-23)7-10-28-25(19)33)16-1-3-17(4-2-16)24(32)30-13-15-5-8-27-9-6-15/h1-6,8-9,11-12,14,31H,7,10,13H2,(H,28,33)(H,30,32). The molecule has 0 bridgehead atoms. The number of hydrogen-bond acceptors (Lipinski definition) is 4. The lowest BCUT2D eigenvalue weighted by molar-refractivity contribution is 0.0940. The molecule has 0 saturated heterocycles. The quantitative estimate of drug-likeness (QED) is 0.441. The fraction of sp³-hybridized carbons (Fsp3) is 0.120. The molecule has 4 aromatic rings. The molecule has 0 fully saturated rings. The number of rotatable bonds is 5. The molecule has 5 rings (SSSR count). The van der Waals surface area contributed by atoms with E-state index in [1.807, 2.05) is 12.1 Å². The summed E-state index contributed by atoms with van der Waals surface area (Å²) in [6, 6.07) is 14.0. The highest BCUT2D eigenvalue weighted by Gasteiger charge is 2.21. The fourth-order valence-electron chi connectivity index (χ4n) is 3.82. The first-order chi connectivity index (χ1) is 16.1. The molecule has 4 heterocycles. The Hall–Kier alpha value is -4.33. The van der Waals surface area contributed by atoms with Gasteiger partial charge in [-0.3, -0.25) is 19.6 Å². The van der Waals surface area contributed by atoms with Gasteiger partial charge in [0.15, 0.2) is 5.82 Å². The van der Waals surface area contributed by atoms with Crippen LogP contribution in [0.15, 0.2) is 67.1 Å². The lowest BCUT2D eigenvalue weighted by atomic mass is 10.0. The molecule has 0 aliphatic carbocycles. The summed E-state index contributed by atoms with van der Waals surface area (Å²) in [4.78, 5) is 35.8. The average molecular weight is 441 g/mol. The monoisotopic (exact) mass is 441 g/mol. The Morgan fingerprint density at radius 2 is 1.85 bits per heavy atom. The summed E-state index contributed by atoms with van der Waals surface area (Å²) in [6.07, 6.45) is 5.19. The number of carbonyl (C=O) groups excluding carboxylic acids is 2. The van der Waals surface area contributed by atoms with Crippen LogP contribution in [-0.2, 0) is 13.0 Å². The maximum absolute atomic E-state index is 14.6. The predicted octanol–water partition coefficient (Wildman–Crippen LogP) is 3.49. The summed E-state index contributed by atoms with van der Waals surface area (Å²) in [5, 5.41) is 5.66. The van der Waals surface area contributed by atoms with Gasteiger partial charge in [-0.25, -0.2) is 4.39 Å². The highest BCUT2D eigenvalue weighted by atomic mass is 19.1. The van der Waals surface area contributed by atoms with E-state index in [4.69, 9.17) is 0 Å². The van der Waals surface area contributed by atoms with E-state index in [9.17, 15) is 14.0 Å². The molecular formula is C25H20FN5O2. The van der Waals surface area contributed by atoms with Crippen LogP contribution in [0.25, 0.3) is 22.5 Å². The van der Waals surface area contributed by atoms with Crippen LogP contribution in [0.2, 0.25) is 0 Å². The van der Waals surface area contributed by atoms with Crippen LogP contribution in [0.4, 0.5) is 4.39 Å². The van der Waals surface area contributed by atoms with Gasteiger partial charge in [0.05, 0.1) is 17.5 Å². The molecule has 164 valence electrons. The van der Waals surface area contributed by atoms with Crippen molar-refractivity contribution in [2.24, 2.45) is 0 Å². The van der Waals surface area contributed by atoms with Crippen LogP contribution in [0, 0.1) is 5.82 Å². The normalized spacial score (nSPS) is 12.7. The van der Waals surface area contributed by atoms with Gasteiger partial charge in [0, 0.05) is 60.0 Å². The Morgan fingerprint density at radius 3 is 2.61 bits per heavy atom. The number of aromatic nitrogens is 3. The number of benzene rings is 1. The zero-order chi connectivity index (χ0) is 22.8. The van der Waals surface area contributed by atoms with Gasteiger partial charge < -0.3 is 15.6 Å². The van der Waals surface area contributed by atoms with Crippen molar-refractivity contribution in [2.45, 2.75) is 13.0 Å². The second-order valence-corrected chi connectivity index (χ2v) is 7.75. The van der Waals surface area contributed by atoms with E-state index in [-0.39, 0.29) is 11.8 Å². The van der Waals surface area contributed by atoms with E-state index in [1.54, 1.807) is 48.8 Å². The van der Waals surface area contributed by atoms with E-state index in [0.29, 0.717) is 47.6 Å². The minimum Gasteiger partial charge on any atom is -0.358 e. The zero-order valence-corrected chi connectivity index (χ0v) is 17.6. The van der Waals surface area contributed by atoms with Crippen LogP contribution < -0.4 is 10.6 Å². The van der Waals surface area contributed by atoms with Crippen molar-refractivity contribution in [1.29, 1.82) is 0 Å². The molecule has 1 aromatic carbocycles. The second kappa shape index (κ2) is 8.66. The molecule has 1 aliphatic rings. The zero-order valence-electron chi connectivity index (χ0n) is 17.6. The van der Waals surface area contributed by atoms with Crippen LogP contribution >= 0.6 is 0 Å². The van der Waals surface area contributed by atoms with Crippen molar-refractivity contribution in [3.05, 3.63) is 95.3 Å². The summed E-state index contributed by atoms with van der Waals surface area (Å²) in [5.41, 5.74) is 4.99. The minimum absolute atomic E-state index is 0.161. The average Bonchev–Trinajstić information content (AvgIpc) is 3.29. The number of carbonyl (C=O) groups is 2. The van der Waals surface area contributed by atoms with Gasteiger partial charge in [-0.2, -0.15) is 0 Å². The van der Waals surface area contributed by atoms with E-state index in [0.717, 1.165) is 16.8 Å². The van der Waals surface area contributed by atoms with Crippen molar-refractivity contribution >= 4 is 11.8 Å². The molecule has 0 radical (unpaired) electrons. The third kappa shape index (κ3) is 4.23. The summed E-state index contributed by atoms with van der Waals surface area (Å²) >= 11 is 0. The van der Waals surface area contributed by atoms with E-state index in [2.05, 4.69) is 25.6 Å². The largest absolute Gasteiger partial charge is 0.358 e. The van der Waals surface area contributed by atoms with Crippen LogP contribution in [0.5, 0.6) is 0 Å². The Balaban J connectivity index is 1.36. The van der Waals surface area contributed by atoms with Crippen LogP contribution in [0.1, 0.15) is 32.0 Å². The number of pyridine rings is 2. The lowest BCUT2D eigenvalue weighted by Gasteiger charge is -2.11. The van der Waals surface area contributed by atoms with Gasteiger partial charge >= 0.3 is 0 Å². The van der Waals surface area contributed by atoms with Gasteiger partial charge in [-0.05, 0) is 42.0 Å². The van der Waals surface area contributed by atoms with Crippen LogP contribution in [0.3, 0.4) is 0 Å². The summed E-state index contributed by atoms with van der Waals surface area (Å²) < 4.78 is 14.6. The smallest absolute Gasteiger partial charge is 0.253 e. The lowest BCUT2D eigenvalue weighted by Crippen LogP contribution is -2.31. The SMILES string of the molecule is O=C(NCc1ccncc1)c1ccc(-c2cc(-c3cc4c([nH]3)CCNC4=O)c(F)cn2)cc1. The maximum atomic E-state index is 14.6. The molecule has 0 unspecified atom stereocenters. The van der Waals surface area contributed by atoms with Crippen molar-refractivity contribution in [3.63, 3.8) is 0 Å². The highest BCUT2D eigenvalue weighted by molar-refractivity contribution is 5.98. The van der Waals surface area contributed by atoms with Crippen molar-refractivity contribution < 1.29 is 14.0 Å². The first-order valence-corrected chi connectivity index (χ1v) is 10.5. The first-order valence-electron chi connectivity index (χ1n) is 10.5. The summed E-state index contributed by atoms with van der Waals surface area (Å²) in [7, 11) is 0. The van der Waals surface area contributed by atoms with Crippen molar-refractivity contribution in [3.8, 4) is 22.5 Å². The van der Waals surface area contributed by atoms with Gasteiger partial charge in [0.1, 0.15) is 0 Å². The molecule has 0 atom stereocenters. The molecule has 8 heteroatoms. The number of hydrogen-bond donors (Lipinski definition) is 3. The van der Waals surface area contributed by atoms with Crippen LogP contribution in [-0.4, -0.2) is 33.3 Å². The Bertz CT molecular complexity index is 1330. The number of nitrogens with zero attached hydrogens (tertiary/aromatic N) is 2. The van der Waals surface area contributed by atoms with E-state index < -0.39 is 5.82 Å². The van der Waals surface area contributed by atoms with Gasteiger partial charge in [0.2, 0.25) is 0 Å². The summed E-state index contributed by atoms with van der Waals surface area (Å²) in [5.74, 6) is -0.836. The number of H-pyrrole nitrogens is 1. The molecule has 7 nitrogen and oxygen atoms in total. The third-order valence-electron chi connectivity index (χ3n) is 5.60. The fourth-order valence-corrected chi connectivity index (χ4v) is 3.82. The molecule has 3 N–H and O–H groups in total. The number of nitrogens with one attached hydrogen (secondary N) is 3. The Kier molecular flexibility index (Phi) is 5.40. The van der Waals surface area contributed by atoms with Gasteiger partial charge in [0.25, 0.3) is 11.8 Å². The highest BCUT2D eigenvalue weighted by Crippen LogP contribution is 2.29. The predicted molar refractivity (Wildman–Crippen MR) is 121 cm³/mol. The molecule has 2 amide bonds. The minimum atomic E-state index is -0.482. The second-order valence-electron chi connectivity index (χ2n) is 7.75. The molecule has 0 spiro atoms. The number of amides is 2. The molecule has 3 aromatic heterocycles. The molecule has 0 saturated carbocycles. The van der Waals surface area contributed by atoms with E-state index in [1.165, 1.54) is 6.20 Å². The van der Waals surface area contributed by atoms with Gasteiger partial charge in [-0.15, -0.1) is 0 Å². The molecule has 1 aliphatic heterocycles. The number of fused-ring (bicyclic) bond motifs is 1. The third-order valence-corrected chi connectivity index (χ3v) is 5.60. The topological polar surface area (TPSA) is 99.8 Å². The van der Waals surface area contributed by atoms with Crippen molar-refractivity contribution in [1.82, 2.24) is 25.6 Å². The Labute approximate surface area is 189 Å². The molecular weight excluding hydrogens is 421 g/mol. The summed E-state index contributed by atoms with van der Waals surface area (Å²) in [6.45, 7) is 0.961. The molecule has 33 heavy (non-hydrogen) atoms. The number of aromatic amines is 1.